The molecule has 4 aromatic rings. The van der Waals surface area contributed by atoms with Gasteiger partial charge in [0.25, 0.3) is 0 Å². The van der Waals surface area contributed by atoms with E-state index in [2.05, 4.69) is 26.0 Å². The maximum absolute atomic E-state index is 14.9. The van der Waals surface area contributed by atoms with Crippen LogP contribution in [0.15, 0.2) is 48.8 Å². The number of benzene rings is 2. The van der Waals surface area contributed by atoms with Gasteiger partial charge < -0.3 is 14.8 Å². The number of ether oxygens (including phenoxy) is 1. The number of H-pyrrole nitrogens is 1. The Morgan fingerprint density at radius 3 is 2.59 bits per heavy atom. The van der Waals surface area contributed by atoms with Gasteiger partial charge in [0.2, 0.25) is 0 Å². The molecule has 0 aliphatic carbocycles. The fourth-order valence-electron chi connectivity index (χ4n) is 2.94. The van der Waals surface area contributed by atoms with Crippen molar-refractivity contribution in [2.45, 2.75) is 13.8 Å². The van der Waals surface area contributed by atoms with Crippen LogP contribution in [0.25, 0.3) is 33.5 Å². The molecule has 8 nitrogen and oxygen atoms in total. The minimum absolute atomic E-state index is 0.0409. The highest BCUT2D eigenvalue weighted by molar-refractivity contribution is 5.81. The van der Waals surface area contributed by atoms with E-state index in [9.17, 15) is 9.18 Å². The van der Waals surface area contributed by atoms with E-state index in [4.69, 9.17) is 15.1 Å². The summed E-state index contributed by atoms with van der Waals surface area (Å²) in [6, 6.07) is 11.8. The van der Waals surface area contributed by atoms with E-state index in [-0.39, 0.29) is 12.6 Å². The van der Waals surface area contributed by atoms with Gasteiger partial charge in [-0.15, -0.1) is 0 Å². The molecule has 0 aliphatic heterocycles. The predicted octanol–water partition coefficient (Wildman–Crippen LogP) is 4.19. The van der Waals surface area contributed by atoms with Gasteiger partial charge in [0.1, 0.15) is 18.2 Å². The Balaban J connectivity index is 1.54. The lowest BCUT2D eigenvalue weighted by Crippen LogP contribution is -2.31. The number of rotatable bonds is 6. The molecule has 9 heteroatoms. The minimum Gasteiger partial charge on any atom is -0.481 e. The van der Waals surface area contributed by atoms with Gasteiger partial charge >= 0.3 is 12.0 Å². The smallest absolute Gasteiger partial charge is 0.316 e. The van der Waals surface area contributed by atoms with Gasteiger partial charge in [0.05, 0.1) is 33.6 Å². The Hall–Kier alpha value is -4.32. The molecule has 0 saturated carbocycles. The lowest BCUT2D eigenvalue weighted by atomic mass is 9.95. The van der Waals surface area contributed by atoms with E-state index in [1.54, 1.807) is 44.2 Å². The first-order chi connectivity index (χ1) is 15.3. The summed E-state index contributed by atoms with van der Waals surface area (Å²) in [6.45, 7) is 3.00. The van der Waals surface area contributed by atoms with Crippen molar-refractivity contribution in [1.82, 2.24) is 19.9 Å². The van der Waals surface area contributed by atoms with Crippen LogP contribution < -0.4 is 4.74 Å². The van der Waals surface area contributed by atoms with E-state index in [1.165, 1.54) is 18.5 Å². The number of aliphatic carboxylic acids is 1. The van der Waals surface area contributed by atoms with Gasteiger partial charge in [-0.3, -0.25) is 4.79 Å². The number of nitriles is 1. The summed E-state index contributed by atoms with van der Waals surface area (Å²) in [5.74, 6) is -1.11. The Kier molecular flexibility index (Phi) is 5.28. The van der Waals surface area contributed by atoms with Crippen molar-refractivity contribution in [2.24, 2.45) is 5.41 Å². The van der Waals surface area contributed by atoms with Crippen LogP contribution in [-0.4, -0.2) is 37.6 Å². The summed E-state index contributed by atoms with van der Waals surface area (Å²) in [4.78, 5) is 26.7. The summed E-state index contributed by atoms with van der Waals surface area (Å²) in [6.07, 6.45) is 2.96. The molecule has 4 rings (SSSR count). The third kappa shape index (κ3) is 4.11. The van der Waals surface area contributed by atoms with Gasteiger partial charge in [-0.05, 0) is 49.7 Å². The zero-order valence-corrected chi connectivity index (χ0v) is 17.3. The second-order valence-corrected chi connectivity index (χ2v) is 7.86. The first kappa shape index (κ1) is 20.9. The number of carboxylic acid groups (broad SMARTS) is 1. The molecule has 2 N–H and O–H groups in total. The van der Waals surface area contributed by atoms with Crippen LogP contribution in [0.4, 0.5) is 4.39 Å². The highest BCUT2D eigenvalue weighted by atomic mass is 19.1. The largest absolute Gasteiger partial charge is 0.481 e. The highest BCUT2D eigenvalue weighted by Gasteiger charge is 2.28. The second-order valence-electron chi connectivity index (χ2n) is 7.86. The summed E-state index contributed by atoms with van der Waals surface area (Å²) in [7, 11) is 0. The summed E-state index contributed by atoms with van der Waals surface area (Å²) in [5, 5.41) is 18.2. The molecule has 2 heterocycles. The van der Waals surface area contributed by atoms with Crippen molar-refractivity contribution in [3.05, 3.63) is 60.2 Å². The average molecular weight is 431 g/mol. The van der Waals surface area contributed by atoms with E-state index in [1.807, 2.05) is 0 Å². The van der Waals surface area contributed by atoms with Crippen molar-refractivity contribution in [2.75, 3.05) is 6.61 Å². The molecule has 0 radical (unpaired) electrons. The lowest BCUT2D eigenvalue weighted by Gasteiger charge is -2.18. The van der Waals surface area contributed by atoms with Crippen LogP contribution in [-0.2, 0) is 4.79 Å². The molecule has 32 heavy (non-hydrogen) atoms. The first-order valence-electron chi connectivity index (χ1n) is 9.65. The molecule has 0 bridgehead atoms. The maximum atomic E-state index is 14.9. The Morgan fingerprint density at radius 2 is 1.94 bits per heavy atom. The van der Waals surface area contributed by atoms with Crippen molar-refractivity contribution in [3.8, 4) is 34.6 Å². The van der Waals surface area contributed by atoms with E-state index in [0.717, 1.165) is 0 Å². The minimum atomic E-state index is -1.08. The number of aromatic nitrogens is 4. The normalized spacial score (nSPS) is 11.3. The Bertz CT molecular complexity index is 1360. The molecule has 2 aromatic heterocycles. The summed E-state index contributed by atoms with van der Waals surface area (Å²) >= 11 is 0. The molecular weight excluding hydrogens is 413 g/mol. The third-order valence-electron chi connectivity index (χ3n) is 4.94. The Morgan fingerprint density at radius 1 is 1.19 bits per heavy atom. The molecule has 0 amide bonds. The Labute approximate surface area is 182 Å². The number of hydrogen-bond donors (Lipinski definition) is 2. The maximum Gasteiger partial charge on any atom is 0.316 e. The van der Waals surface area contributed by atoms with Gasteiger partial charge in [-0.1, -0.05) is 6.07 Å². The molecule has 0 saturated heterocycles. The monoisotopic (exact) mass is 431 g/mol. The van der Waals surface area contributed by atoms with Crippen LogP contribution >= 0.6 is 0 Å². The number of fused-ring (bicyclic) bond motifs is 1. The molecule has 160 valence electrons. The number of imidazole rings is 1. The van der Waals surface area contributed by atoms with Crippen molar-refractivity contribution in [1.29, 1.82) is 5.26 Å². The highest BCUT2D eigenvalue weighted by Crippen LogP contribution is 2.28. The zero-order valence-electron chi connectivity index (χ0n) is 17.3. The fraction of sp³-hybridized carbons (Fsp3) is 0.174. The summed E-state index contributed by atoms with van der Waals surface area (Å²) < 4.78 is 20.2. The summed E-state index contributed by atoms with van der Waals surface area (Å²) in [5.41, 5.74) is 2.13. The van der Waals surface area contributed by atoms with Crippen LogP contribution in [0.5, 0.6) is 6.01 Å². The van der Waals surface area contributed by atoms with Gasteiger partial charge in [-0.25, -0.2) is 19.3 Å². The number of hydrogen-bond acceptors (Lipinski definition) is 6. The average Bonchev–Trinajstić information content (AvgIpc) is 3.20. The number of nitrogens with zero attached hydrogens (tertiary/aromatic N) is 4. The van der Waals surface area contributed by atoms with Crippen molar-refractivity contribution >= 4 is 17.0 Å². The molecule has 2 aromatic carbocycles. The first-order valence-corrected chi connectivity index (χ1v) is 9.65. The number of nitrogens with one attached hydrogen (secondary N) is 1. The fourth-order valence-corrected chi connectivity index (χ4v) is 2.94. The molecule has 0 unspecified atom stereocenters. The molecule has 0 spiro atoms. The predicted molar refractivity (Wildman–Crippen MR) is 114 cm³/mol. The second kappa shape index (κ2) is 8.07. The van der Waals surface area contributed by atoms with Crippen molar-refractivity contribution in [3.63, 3.8) is 0 Å². The zero-order chi connectivity index (χ0) is 22.9. The van der Waals surface area contributed by atoms with E-state index < -0.39 is 17.2 Å². The van der Waals surface area contributed by atoms with Gasteiger partial charge in [0, 0.05) is 18.0 Å². The number of carboxylic acids is 1. The van der Waals surface area contributed by atoms with E-state index >= 15 is 0 Å². The molecule has 0 atom stereocenters. The molecular formula is C23H18FN5O3. The number of halogens is 1. The van der Waals surface area contributed by atoms with Crippen LogP contribution in [0.2, 0.25) is 0 Å². The van der Waals surface area contributed by atoms with Gasteiger partial charge in [0.15, 0.2) is 0 Å². The van der Waals surface area contributed by atoms with Crippen LogP contribution in [0.3, 0.4) is 0 Å². The molecule has 0 fully saturated rings. The van der Waals surface area contributed by atoms with Crippen LogP contribution in [0.1, 0.15) is 19.4 Å². The van der Waals surface area contributed by atoms with Crippen molar-refractivity contribution < 1.29 is 19.0 Å². The van der Waals surface area contributed by atoms with Gasteiger partial charge in [-0.2, -0.15) is 5.26 Å². The standard InChI is InChI=1S/C23H18FN5O3/c1-23(2,21(30)31)12-32-22-26-10-15(11-27-22)14-4-5-16(17(24)8-14)20-28-18-6-3-13(9-25)7-19(18)29-20/h3-8,10-11H,12H2,1-2H3,(H,28,29)(H,30,31). The third-order valence-corrected chi connectivity index (χ3v) is 4.94. The van der Waals surface area contributed by atoms with E-state index in [0.29, 0.717) is 39.1 Å². The van der Waals surface area contributed by atoms with Crippen LogP contribution in [0, 0.1) is 22.6 Å². The lowest BCUT2D eigenvalue weighted by molar-refractivity contribution is -0.148. The SMILES string of the molecule is CC(C)(COc1ncc(-c2ccc(-c3nc4ccc(C#N)cc4[nH]3)c(F)c2)cn1)C(=O)O. The molecule has 0 aliphatic rings. The quantitative estimate of drug-likeness (QED) is 0.469. The number of carbonyl (C=O) groups is 1. The topological polar surface area (TPSA) is 125 Å². The number of aromatic amines is 1.